The monoisotopic (exact) mass is 295 g/mol. The Morgan fingerprint density at radius 1 is 1.35 bits per heavy atom. The molecule has 1 aromatic rings. The first kappa shape index (κ1) is 13.9. The quantitative estimate of drug-likeness (QED) is 0.854. The van der Waals surface area contributed by atoms with Gasteiger partial charge in [0.05, 0.1) is 5.75 Å². The maximum Gasteiger partial charge on any atom is 0.229 e. The third kappa shape index (κ3) is 2.85. The van der Waals surface area contributed by atoms with Gasteiger partial charge in [-0.15, -0.1) is 0 Å². The molecule has 0 radical (unpaired) electrons. The maximum absolute atomic E-state index is 12.2. The highest BCUT2D eigenvalue weighted by Gasteiger charge is 2.33. The van der Waals surface area contributed by atoms with E-state index in [2.05, 4.69) is 10.1 Å². The number of nitrogens with zero attached hydrogens (tertiary/aromatic N) is 3. The molecule has 0 aromatic carbocycles. The van der Waals surface area contributed by atoms with Gasteiger partial charge in [0.2, 0.25) is 11.8 Å². The Morgan fingerprint density at radius 2 is 2.10 bits per heavy atom. The number of thioether (sulfide) groups is 1. The molecule has 0 unspecified atom stereocenters. The average Bonchev–Trinajstić information content (AvgIpc) is 2.86. The Bertz CT molecular complexity index is 465. The van der Waals surface area contributed by atoms with Crippen LogP contribution in [0.2, 0.25) is 0 Å². The molecule has 0 spiro atoms. The summed E-state index contributed by atoms with van der Waals surface area (Å²) in [4.78, 5) is 18.7. The standard InChI is InChI=1S/C14H21N3O2S/c1-20-9-12-15-13(19-16-12)10-5-7-17(8-6-10)14(18)11-3-2-4-11/h10-11H,2-9H2,1H3. The van der Waals surface area contributed by atoms with E-state index < -0.39 is 0 Å². The number of likely N-dealkylation sites (tertiary alicyclic amines) is 1. The van der Waals surface area contributed by atoms with Gasteiger partial charge in [-0.3, -0.25) is 4.79 Å². The van der Waals surface area contributed by atoms with Crippen molar-refractivity contribution in [2.24, 2.45) is 5.92 Å². The van der Waals surface area contributed by atoms with Crippen molar-refractivity contribution in [1.29, 1.82) is 0 Å². The highest BCUT2D eigenvalue weighted by atomic mass is 32.2. The van der Waals surface area contributed by atoms with E-state index in [9.17, 15) is 4.79 Å². The highest BCUT2D eigenvalue weighted by Crippen LogP contribution is 2.32. The lowest BCUT2D eigenvalue weighted by molar-refractivity contribution is -0.139. The fourth-order valence-corrected chi connectivity index (χ4v) is 3.26. The number of rotatable bonds is 4. The molecule has 1 saturated carbocycles. The largest absolute Gasteiger partial charge is 0.342 e. The van der Waals surface area contributed by atoms with Gasteiger partial charge < -0.3 is 9.42 Å². The van der Waals surface area contributed by atoms with E-state index in [0.717, 1.165) is 56.2 Å². The summed E-state index contributed by atoms with van der Waals surface area (Å²) in [5.74, 6) is 3.32. The molecule has 1 amide bonds. The molecule has 6 heteroatoms. The van der Waals surface area contributed by atoms with E-state index in [-0.39, 0.29) is 0 Å². The van der Waals surface area contributed by atoms with Gasteiger partial charge in [0.15, 0.2) is 5.82 Å². The number of hydrogen-bond donors (Lipinski definition) is 0. The zero-order valence-electron chi connectivity index (χ0n) is 11.9. The fourth-order valence-electron chi connectivity index (χ4n) is 2.88. The SMILES string of the molecule is CSCc1noc(C2CCN(C(=O)C3CCC3)CC2)n1. The van der Waals surface area contributed by atoms with Gasteiger partial charge in [-0.1, -0.05) is 11.6 Å². The molecule has 2 heterocycles. The van der Waals surface area contributed by atoms with Crippen LogP contribution in [-0.2, 0) is 10.5 Å². The van der Waals surface area contributed by atoms with Gasteiger partial charge in [0.1, 0.15) is 0 Å². The van der Waals surface area contributed by atoms with E-state index in [1.807, 2.05) is 11.2 Å². The third-order valence-corrected chi connectivity index (χ3v) is 4.91. The summed E-state index contributed by atoms with van der Waals surface area (Å²) in [6.45, 7) is 1.67. The second kappa shape index (κ2) is 6.16. The summed E-state index contributed by atoms with van der Waals surface area (Å²) in [6.07, 6.45) is 7.30. The number of piperidine rings is 1. The number of hydrogen-bond acceptors (Lipinski definition) is 5. The summed E-state index contributed by atoms with van der Waals surface area (Å²) < 4.78 is 5.35. The Kier molecular flexibility index (Phi) is 4.29. The van der Waals surface area contributed by atoms with E-state index in [4.69, 9.17) is 4.52 Å². The van der Waals surface area contributed by atoms with Crippen LogP contribution in [0.25, 0.3) is 0 Å². The number of carbonyl (C=O) groups is 1. The van der Waals surface area contributed by atoms with Gasteiger partial charge in [-0.05, 0) is 31.9 Å². The maximum atomic E-state index is 12.2. The minimum Gasteiger partial charge on any atom is -0.342 e. The first-order valence-electron chi connectivity index (χ1n) is 7.38. The van der Waals surface area contributed by atoms with Crippen molar-refractivity contribution >= 4 is 17.7 Å². The van der Waals surface area contributed by atoms with Crippen molar-refractivity contribution in [2.75, 3.05) is 19.3 Å². The predicted molar refractivity (Wildman–Crippen MR) is 77.4 cm³/mol. The van der Waals surface area contributed by atoms with Gasteiger partial charge in [0.25, 0.3) is 0 Å². The van der Waals surface area contributed by atoms with Crippen LogP contribution >= 0.6 is 11.8 Å². The van der Waals surface area contributed by atoms with Gasteiger partial charge in [-0.25, -0.2) is 0 Å². The van der Waals surface area contributed by atoms with E-state index in [1.54, 1.807) is 11.8 Å². The lowest BCUT2D eigenvalue weighted by Gasteiger charge is -2.35. The zero-order chi connectivity index (χ0) is 13.9. The van der Waals surface area contributed by atoms with Crippen LogP contribution in [0, 0.1) is 5.92 Å². The molecule has 0 N–H and O–H groups in total. The summed E-state index contributed by atoms with van der Waals surface area (Å²) in [5.41, 5.74) is 0. The molecule has 3 rings (SSSR count). The topological polar surface area (TPSA) is 59.2 Å². The van der Waals surface area contributed by atoms with Crippen molar-refractivity contribution in [3.05, 3.63) is 11.7 Å². The zero-order valence-corrected chi connectivity index (χ0v) is 12.7. The van der Waals surface area contributed by atoms with Crippen LogP contribution in [0.4, 0.5) is 0 Å². The van der Waals surface area contributed by atoms with Crippen molar-refractivity contribution in [3.63, 3.8) is 0 Å². The average molecular weight is 295 g/mol. The Balaban J connectivity index is 1.53. The van der Waals surface area contributed by atoms with Crippen LogP contribution in [0.5, 0.6) is 0 Å². The molecular weight excluding hydrogens is 274 g/mol. The van der Waals surface area contributed by atoms with E-state index in [0.29, 0.717) is 17.7 Å². The van der Waals surface area contributed by atoms with Gasteiger partial charge >= 0.3 is 0 Å². The minimum absolute atomic E-state index is 0.308. The van der Waals surface area contributed by atoms with Crippen LogP contribution in [0.1, 0.15) is 49.7 Å². The van der Waals surface area contributed by atoms with Crippen molar-refractivity contribution in [3.8, 4) is 0 Å². The second-order valence-corrected chi connectivity index (χ2v) is 6.58. The Hall–Kier alpha value is -1.04. The number of amides is 1. The van der Waals surface area contributed by atoms with Crippen LogP contribution in [0.15, 0.2) is 4.52 Å². The molecule has 1 aliphatic carbocycles. The summed E-state index contributed by atoms with van der Waals surface area (Å²) in [5, 5.41) is 4.00. The van der Waals surface area contributed by atoms with E-state index >= 15 is 0 Å². The Labute approximate surface area is 123 Å². The molecular formula is C14H21N3O2S. The van der Waals surface area contributed by atoms with Crippen molar-refractivity contribution in [2.45, 2.75) is 43.8 Å². The van der Waals surface area contributed by atoms with Crippen LogP contribution < -0.4 is 0 Å². The highest BCUT2D eigenvalue weighted by molar-refractivity contribution is 7.97. The molecule has 20 heavy (non-hydrogen) atoms. The first-order valence-corrected chi connectivity index (χ1v) is 8.77. The molecule has 110 valence electrons. The minimum atomic E-state index is 0.308. The number of carbonyl (C=O) groups excluding carboxylic acids is 1. The van der Waals surface area contributed by atoms with E-state index in [1.165, 1.54) is 6.42 Å². The molecule has 0 bridgehead atoms. The summed E-state index contributed by atoms with van der Waals surface area (Å²) >= 11 is 1.69. The van der Waals surface area contributed by atoms with Crippen LogP contribution in [-0.4, -0.2) is 40.3 Å². The first-order chi connectivity index (χ1) is 9.78. The molecule has 2 aliphatic rings. The van der Waals surface area contributed by atoms with Gasteiger partial charge in [-0.2, -0.15) is 16.7 Å². The summed E-state index contributed by atoms with van der Waals surface area (Å²) in [7, 11) is 0. The van der Waals surface area contributed by atoms with Gasteiger partial charge in [0, 0.05) is 24.9 Å². The van der Waals surface area contributed by atoms with Crippen molar-refractivity contribution in [1.82, 2.24) is 15.0 Å². The molecule has 2 fully saturated rings. The molecule has 0 atom stereocenters. The molecule has 1 aliphatic heterocycles. The summed E-state index contributed by atoms with van der Waals surface area (Å²) in [6, 6.07) is 0. The second-order valence-electron chi connectivity index (χ2n) is 5.71. The molecule has 5 nitrogen and oxygen atoms in total. The van der Waals surface area contributed by atoms with Crippen molar-refractivity contribution < 1.29 is 9.32 Å². The lowest BCUT2D eigenvalue weighted by atomic mass is 9.83. The number of aromatic nitrogens is 2. The smallest absolute Gasteiger partial charge is 0.229 e. The molecule has 1 aromatic heterocycles. The van der Waals surface area contributed by atoms with Crippen LogP contribution in [0.3, 0.4) is 0 Å². The Morgan fingerprint density at radius 3 is 2.70 bits per heavy atom. The molecule has 1 saturated heterocycles. The fraction of sp³-hybridized carbons (Fsp3) is 0.786. The normalized spacial score (nSPS) is 20.9. The third-order valence-electron chi connectivity index (χ3n) is 4.37. The predicted octanol–water partition coefficient (Wildman–Crippen LogP) is 2.44. The lowest BCUT2D eigenvalue weighted by Crippen LogP contribution is -2.43.